The molecular weight excluding hydrogens is 332 g/mol. The number of nitrogens with two attached hydrogens (primary N) is 1. The molecule has 2 atom stereocenters. The summed E-state index contributed by atoms with van der Waals surface area (Å²) in [4.78, 5) is 40.7. The van der Waals surface area contributed by atoms with Crippen LogP contribution in [0.15, 0.2) is 30.5 Å². The zero-order valence-electron chi connectivity index (χ0n) is 15.4. The lowest BCUT2D eigenvalue weighted by atomic mass is 10.0. The van der Waals surface area contributed by atoms with Gasteiger partial charge in [0.05, 0.1) is 12.1 Å². The third kappa shape index (κ3) is 4.92. The lowest BCUT2D eigenvalue weighted by molar-refractivity contribution is -0.130. The normalized spacial score (nSPS) is 13.5. The van der Waals surface area contributed by atoms with Gasteiger partial charge in [-0.2, -0.15) is 0 Å². The average molecular weight is 358 g/mol. The number of nitrogens with zero attached hydrogens (tertiary/aromatic N) is 1. The Bertz CT molecular complexity index is 797. The smallest absolute Gasteiger partial charge is 0.237 e. The highest BCUT2D eigenvalue weighted by Gasteiger charge is 2.26. The van der Waals surface area contributed by atoms with E-state index < -0.39 is 18.0 Å². The Morgan fingerprint density at radius 3 is 2.54 bits per heavy atom. The van der Waals surface area contributed by atoms with Gasteiger partial charge in [0.2, 0.25) is 11.8 Å². The van der Waals surface area contributed by atoms with E-state index in [9.17, 15) is 14.4 Å². The Balaban J connectivity index is 2.12. The number of aromatic nitrogens is 1. The maximum absolute atomic E-state index is 12.6. The van der Waals surface area contributed by atoms with Crippen molar-refractivity contribution in [3.8, 4) is 0 Å². The first-order valence-corrected chi connectivity index (χ1v) is 8.60. The SMILES string of the molecule is CC(=O)[C@H](Cc1c[nH]c2ccccc12)NC(=O)[C@H](CCC(N)=O)N(C)C. The predicted molar refractivity (Wildman–Crippen MR) is 101 cm³/mol. The first kappa shape index (κ1) is 19.7. The van der Waals surface area contributed by atoms with Crippen molar-refractivity contribution in [1.82, 2.24) is 15.2 Å². The van der Waals surface area contributed by atoms with Crippen LogP contribution in [0.4, 0.5) is 0 Å². The van der Waals surface area contributed by atoms with Crippen LogP contribution in [0, 0.1) is 0 Å². The number of fused-ring (bicyclic) bond motifs is 1. The van der Waals surface area contributed by atoms with E-state index in [1.54, 1.807) is 19.0 Å². The minimum atomic E-state index is -0.627. The molecule has 0 aliphatic carbocycles. The van der Waals surface area contributed by atoms with Crippen molar-refractivity contribution in [2.75, 3.05) is 14.1 Å². The molecule has 0 aliphatic rings. The highest BCUT2D eigenvalue weighted by Crippen LogP contribution is 2.19. The minimum absolute atomic E-state index is 0.115. The Morgan fingerprint density at radius 1 is 1.23 bits per heavy atom. The molecule has 2 aromatic rings. The number of carbonyl (C=O) groups is 3. The van der Waals surface area contributed by atoms with Gasteiger partial charge in [0.1, 0.15) is 0 Å². The quantitative estimate of drug-likeness (QED) is 0.621. The number of ketones is 1. The second kappa shape index (κ2) is 8.62. The Labute approximate surface area is 152 Å². The number of Topliss-reactive ketones (excluding diaryl/α,β-unsaturated/α-hetero) is 1. The molecule has 0 spiro atoms. The molecule has 0 fully saturated rings. The molecule has 2 rings (SSSR count). The van der Waals surface area contributed by atoms with Crippen molar-refractivity contribution < 1.29 is 14.4 Å². The van der Waals surface area contributed by atoms with E-state index in [0.29, 0.717) is 12.8 Å². The van der Waals surface area contributed by atoms with E-state index in [1.807, 2.05) is 30.5 Å². The Morgan fingerprint density at radius 2 is 1.92 bits per heavy atom. The summed E-state index contributed by atoms with van der Waals surface area (Å²) in [6.07, 6.45) is 2.69. The molecule has 26 heavy (non-hydrogen) atoms. The molecular formula is C19H26N4O3. The average Bonchev–Trinajstić information content (AvgIpc) is 2.97. The maximum atomic E-state index is 12.6. The number of aromatic amines is 1. The van der Waals surface area contributed by atoms with E-state index in [4.69, 9.17) is 5.73 Å². The van der Waals surface area contributed by atoms with Gasteiger partial charge in [0.25, 0.3) is 0 Å². The third-order valence-corrected chi connectivity index (χ3v) is 4.50. The van der Waals surface area contributed by atoms with Crippen LogP contribution in [0.3, 0.4) is 0 Å². The van der Waals surface area contributed by atoms with Gasteiger partial charge in [-0.05, 0) is 39.1 Å². The summed E-state index contributed by atoms with van der Waals surface area (Å²) >= 11 is 0. The van der Waals surface area contributed by atoms with Crippen molar-refractivity contribution in [3.05, 3.63) is 36.0 Å². The van der Waals surface area contributed by atoms with Crippen LogP contribution in [0.2, 0.25) is 0 Å². The number of likely N-dealkylation sites (N-methyl/N-ethyl adjacent to an activating group) is 1. The number of amides is 2. The summed E-state index contributed by atoms with van der Waals surface area (Å²) in [6.45, 7) is 1.47. The number of benzene rings is 1. The fourth-order valence-electron chi connectivity index (χ4n) is 2.99. The zero-order chi connectivity index (χ0) is 19.3. The second-order valence-corrected chi connectivity index (χ2v) is 6.72. The van der Waals surface area contributed by atoms with E-state index in [2.05, 4.69) is 10.3 Å². The molecule has 0 radical (unpaired) electrons. The van der Waals surface area contributed by atoms with Gasteiger partial charge < -0.3 is 16.0 Å². The molecule has 7 heteroatoms. The second-order valence-electron chi connectivity index (χ2n) is 6.72. The summed E-state index contributed by atoms with van der Waals surface area (Å²) in [6, 6.07) is 6.67. The van der Waals surface area contributed by atoms with Crippen LogP contribution < -0.4 is 11.1 Å². The summed E-state index contributed by atoms with van der Waals surface area (Å²) in [7, 11) is 3.52. The molecule has 7 nitrogen and oxygen atoms in total. The molecule has 0 saturated heterocycles. The van der Waals surface area contributed by atoms with E-state index >= 15 is 0 Å². The molecule has 0 saturated carbocycles. The fourth-order valence-corrected chi connectivity index (χ4v) is 2.99. The van der Waals surface area contributed by atoms with Crippen molar-refractivity contribution >= 4 is 28.5 Å². The minimum Gasteiger partial charge on any atom is -0.370 e. The van der Waals surface area contributed by atoms with Crippen LogP contribution >= 0.6 is 0 Å². The van der Waals surface area contributed by atoms with Crippen LogP contribution in [0.1, 0.15) is 25.3 Å². The standard InChI is InChI=1S/C19H26N4O3/c1-12(24)16(10-13-11-21-15-7-5-4-6-14(13)15)22-19(26)17(23(2)3)8-9-18(20)25/h4-7,11,16-17,21H,8-10H2,1-3H3,(H2,20,25)(H,22,26)/t16-,17-/m0/s1. The van der Waals surface area contributed by atoms with Gasteiger partial charge in [-0.25, -0.2) is 0 Å². The van der Waals surface area contributed by atoms with Gasteiger partial charge in [-0.1, -0.05) is 18.2 Å². The van der Waals surface area contributed by atoms with Gasteiger partial charge in [-0.3, -0.25) is 19.3 Å². The van der Waals surface area contributed by atoms with Crippen LogP contribution in [-0.2, 0) is 20.8 Å². The number of H-pyrrole nitrogens is 1. The molecule has 1 aromatic heterocycles. The molecule has 0 unspecified atom stereocenters. The number of hydrogen-bond donors (Lipinski definition) is 3. The van der Waals surface area contributed by atoms with Crippen LogP contribution in [0.5, 0.6) is 0 Å². The summed E-state index contributed by atoms with van der Waals surface area (Å²) in [5, 5.41) is 3.86. The molecule has 0 aliphatic heterocycles. The number of primary amides is 1. The largest absolute Gasteiger partial charge is 0.370 e. The monoisotopic (exact) mass is 358 g/mol. The number of carbonyl (C=O) groups excluding carboxylic acids is 3. The number of hydrogen-bond acceptors (Lipinski definition) is 4. The molecule has 2 amide bonds. The van der Waals surface area contributed by atoms with Gasteiger partial charge >= 0.3 is 0 Å². The first-order valence-electron chi connectivity index (χ1n) is 8.60. The Hall–Kier alpha value is -2.67. The summed E-state index contributed by atoms with van der Waals surface area (Å²) in [5.41, 5.74) is 7.15. The van der Waals surface area contributed by atoms with Crippen LogP contribution in [-0.4, -0.2) is 53.7 Å². The van der Waals surface area contributed by atoms with Crippen molar-refractivity contribution in [2.24, 2.45) is 5.73 Å². The lowest BCUT2D eigenvalue weighted by Gasteiger charge is -2.25. The molecule has 0 bridgehead atoms. The highest BCUT2D eigenvalue weighted by molar-refractivity contribution is 5.91. The number of nitrogens with one attached hydrogen (secondary N) is 2. The molecule has 140 valence electrons. The fraction of sp³-hybridized carbons (Fsp3) is 0.421. The first-order chi connectivity index (χ1) is 12.3. The maximum Gasteiger partial charge on any atom is 0.237 e. The van der Waals surface area contributed by atoms with Gasteiger partial charge in [-0.15, -0.1) is 0 Å². The molecule has 1 aromatic carbocycles. The topological polar surface area (TPSA) is 108 Å². The lowest BCUT2D eigenvalue weighted by Crippen LogP contribution is -2.50. The Kier molecular flexibility index (Phi) is 6.52. The summed E-state index contributed by atoms with van der Waals surface area (Å²) in [5.74, 6) is -0.848. The summed E-state index contributed by atoms with van der Waals surface area (Å²) < 4.78 is 0. The van der Waals surface area contributed by atoms with Crippen molar-refractivity contribution in [1.29, 1.82) is 0 Å². The van der Waals surface area contributed by atoms with Crippen molar-refractivity contribution in [2.45, 2.75) is 38.3 Å². The number of rotatable bonds is 9. The molecule has 4 N–H and O–H groups in total. The number of para-hydroxylation sites is 1. The van der Waals surface area contributed by atoms with E-state index in [0.717, 1.165) is 16.5 Å². The third-order valence-electron chi connectivity index (χ3n) is 4.50. The molecule has 1 heterocycles. The van der Waals surface area contributed by atoms with Gasteiger partial charge in [0, 0.05) is 29.9 Å². The zero-order valence-corrected chi connectivity index (χ0v) is 15.4. The van der Waals surface area contributed by atoms with E-state index in [-0.39, 0.29) is 18.1 Å². The van der Waals surface area contributed by atoms with Crippen molar-refractivity contribution in [3.63, 3.8) is 0 Å². The van der Waals surface area contributed by atoms with Crippen LogP contribution in [0.25, 0.3) is 10.9 Å². The van der Waals surface area contributed by atoms with E-state index in [1.165, 1.54) is 6.92 Å². The van der Waals surface area contributed by atoms with Gasteiger partial charge in [0.15, 0.2) is 5.78 Å². The predicted octanol–water partition coefficient (Wildman–Crippen LogP) is 0.980. The highest BCUT2D eigenvalue weighted by atomic mass is 16.2.